The molecule has 30 heavy (non-hydrogen) atoms. The standard InChI is InChI=1S/C21H23N3O5S/c25-21(23-13-10-18-14-19(24(26)27)6-7-20(18)23)17-8-11-22(12-9-17)30(28,29)15-16-4-2-1-3-5-16/h1-7,14,17H,8-13,15H2. The van der Waals surface area contributed by atoms with E-state index in [1.807, 2.05) is 18.2 Å². The zero-order valence-electron chi connectivity index (χ0n) is 16.4. The van der Waals surface area contributed by atoms with E-state index in [-0.39, 0.29) is 23.3 Å². The van der Waals surface area contributed by atoms with Crippen LogP contribution in [0.1, 0.15) is 24.0 Å². The lowest BCUT2D eigenvalue weighted by Gasteiger charge is -2.32. The second-order valence-corrected chi connectivity index (χ2v) is 9.69. The molecule has 0 radical (unpaired) electrons. The lowest BCUT2D eigenvalue weighted by atomic mass is 9.96. The second kappa shape index (κ2) is 8.16. The molecule has 2 heterocycles. The molecule has 2 aliphatic heterocycles. The van der Waals surface area contributed by atoms with Crippen LogP contribution in [0.25, 0.3) is 0 Å². The van der Waals surface area contributed by atoms with Gasteiger partial charge in [-0.25, -0.2) is 12.7 Å². The Morgan fingerprint density at radius 1 is 1.07 bits per heavy atom. The maximum absolute atomic E-state index is 13.1. The molecule has 2 aliphatic rings. The van der Waals surface area contributed by atoms with Gasteiger partial charge in [0.15, 0.2) is 0 Å². The summed E-state index contributed by atoms with van der Waals surface area (Å²) in [7, 11) is -3.42. The third-order valence-corrected chi connectivity index (χ3v) is 7.67. The van der Waals surface area contributed by atoms with E-state index < -0.39 is 14.9 Å². The third-order valence-electron chi connectivity index (χ3n) is 5.82. The molecule has 0 unspecified atom stereocenters. The number of carbonyl (C=O) groups excluding carboxylic acids is 1. The number of rotatable bonds is 5. The molecule has 1 saturated heterocycles. The summed E-state index contributed by atoms with van der Waals surface area (Å²) in [6, 6.07) is 13.7. The maximum Gasteiger partial charge on any atom is 0.269 e. The van der Waals surface area contributed by atoms with E-state index in [4.69, 9.17) is 0 Å². The number of piperidine rings is 1. The first-order valence-corrected chi connectivity index (χ1v) is 11.6. The average molecular weight is 429 g/mol. The summed E-state index contributed by atoms with van der Waals surface area (Å²) in [6.07, 6.45) is 1.55. The molecule has 1 amide bonds. The van der Waals surface area contributed by atoms with Gasteiger partial charge < -0.3 is 4.90 Å². The van der Waals surface area contributed by atoms with E-state index in [1.165, 1.54) is 16.4 Å². The van der Waals surface area contributed by atoms with Crippen LogP contribution in [0.4, 0.5) is 11.4 Å². The number of hydrogen-bond donors (Lipinski definition) is 0. The number of carbonyl (C=O) groups is 1. The van der Waals surface area contributed by atoms with E-state index in [0.717, 1.165) is 16.8 Å². The summed E-state index contributed by atoms with van der Waals surface area (Å²) in [4.78, 5) is 25.3. The van der Waals surface area contributed by atoms with Gasteiger partial charge in [-0.15, -0.1) is 0 Å². The molecule has 0 atom stereocenters. The van der Waals surface area contributed by atoms with Crippen LogP contribution in [0.15, 0.2) is 48.5 Å². The first-order valence-electron chi connectivity index (χ1n) is 9.95. The number of sulfonamides is 1. The topological polar surface area (TPSA) is 101 Å². The molecular weight excluding hydrogens is 406 g/mol. The van der Waals surface area contributed by atoms with E-state index in [0.29, 0.717) is 38.9 Å². The number of amides is 1. The molecule has 0 saturated carbocycles. The number of fused-ring (bicyclic) bond motifs is 1. The lowest BCUT2D eigenvalue weighted by Crippen LogP contribution is -2.44. The van der Waals surface area contributed by atoms with Gasteiger partial charge in [-0.05, 0) is 36.5 Å². The molecule has 0 aromatic heterocycles. The number of anilines is 1. The lowest BCUT2D eigenvalue weighted by molar-refractivity contribution is -0.384. The van der Waals surface area contributed by atoms with E-state index >= 15 is 0 Å². The van der Waals surface area contributed by atoms with Crippen LogP contribution in [-0.4, -0.2) is 43.2 Å². The summed E-state index contributed by atoms with van der Waals surface area (Å²) in [5, 5.41) is 11.0. The molecule has 0 spiro atoms. The Hall–Kier alpha value is -2.78. The van der Waals surface area contributed by atoms with Crippen molar-refractivity contribution in [2.45, 2.75) is 25.0 Å². The first-order chi connectivity index (χ1) is 14.3. The Labute approximate surface area is 175 Å². The first kappa shape index (κ1) is 20.5. The van der Waals surface area contributed by atoms with Gasteiger partial charge >= 0.3 is 0 Å². The van der Waals surface area contributed by atoms with Gasteiger partial charge in [-0.2, -0.15) is 0 Å². The van der Waals surface area contributed by atoms with Crippen molar-refractivity contribution in [2.24, 2.45) is 5.92 Å². The van der Waals surface area contributed by atoms with Crippen LogP contribution < -0.4 is 4.90 Å². The molecule has 158 valence electrons. The van der Waals surface area contributed by atoms with E-state index in [1.54, 1.807) is 23.1 Å². The molecule has 0 aliphatic carbocycles. The SMILES string of the molecule is O=C(C1CCN(S(=O)(=O)Cc2ccccc2)CC1)N1CCc2cc([N+](=O)[O-])ccc21. The number of non-ortho nitro benzene ring substituents is 1. The van der Waals surface area contributed by atoms with Crippen molar-refractivity contribution in [3.05, 3.63) is 69.8 Å². The number of benzene rings is 2. The number of nitro benzene ring substituents is 1. The molecule has 0 bridgehead atoms. The summed E-state index contributed by atoms with van der Waals surface area (Å²) in [6.45, 7) is 1.15. The van der Waals surface area contributed by atoms with Crippen molar-refractivity contribution < 1.29 is 18.1 Å². The molecule has 8 nitrogen and oxygen atoms in total. The van der Waals surface area contributed by atoms with Crippen molar-refractivity contribution in [1.29, 1.82) is 0 Å². The quantitative estimate of drug-likeness (QED) is 0.537. The number of hydrogen-bond acceptors (Lipinski definition) is 5. The van der Waals surface area contributed by atoms with Crippen molar-refractivity contribution in [3.8, 4) is 0 Å². The summed E-state index contributed by atoms with van der Waals surface area (Å²) in [5.41, 5.74) is 2.31. The Bertz CT molecular complexity index is 1060. The van der Waals surface area contributed by atoms with Crippen LogP contribution in [0, 0.1) is 16.0 Å². The zero-order valence-corrected chi connectivity index (χ0v) is 17.3. The van der Waals surface area contributed by atoms with Crippen molar-refractivity contribution in [3.63, 3.8) is 0 Å². The Morgan fingerprint density at radius 2 is 1.77 bits per heavy atom. The second-order valence-electron chi connectivity index (χ2n) is 7.73. The molecule has 9 heteroatoms. The molecule has 4 rings (SSSR count). The van der Waals surface area contributed by atoms with Gasteiger partial charge in [-0.1, -0.05) is 30.3 Å². The smallest absolute Gasteiger partial charge is 0.269 e. The van der Waals surface area contributed by atoms with Crippen molar-refractivity contribution in [1.82, 2.24) is 4.31 Å². The average Bonchev–Trinajstić information content (AvgIpc) is 3.17. The van der Waals surface area contributed by atoms with Crippen LogP contribution in [-0.2, 0) is 27.0 Å². The van der Waals surface area contributed by atoms with Crippen LogP contribution in [0.3, 0.4) is 0 Å². The normalized spacial score (nSPS) is 17.7. The fourth-order valence-electron chi connectivity index (χ4n) is 4.21. The minimum Gasteiger partial charge on any atom is -0.312 e. The van der Waals surface area contributed by atoms with Crippen molar-refractivity contribution in [2.75, 3.05) is 24.5 Å². The fraction of sp³-hybridized carbons (Fsp3) is 0.381. The monoisotopic (exact) mass is 429 g/mol. The van der Waals surface area contributed by atoms with E-state index in [9.17, 15) is 23.3 Å². The van der Waals surface area contributed by atoms with Gasteiger partial charge in [-0.3, -0.25) is 14.9 Å². The van der Waals surface area contributed by atoms with Crippen LogP contribution >= 0.6 is 0 Å². The van der Waals surface area contributed by atoms with Gasteiger partial charge in [0, 0.05) is 43.4 Å². The molecule has 2 aromatic carbocycles. The summed E-state index contributed by atoms with van der Waals surface area (Å²) >= 11 is 0. The van der Waals surface area contributed by atoms with Crippen LogP contribution in [0.2, 0.25) is 0 Å². The van der Waals surface area contributed by atoms with E-state index in [2.05, 4.69) is 0 Å². The van der Waals surface area contributed by atoms with Gasteiger partial charge in [0.25, 0.3) is 5.69 Å². The highest BCUT2D eigenvalue weighted by Gasteiger charge is 2.35. The zero-order chi connectivity index (χ0) is 21.3. The number of nitro groups is 1. The predicted molar refractivity (Wildman–Crippen MR) is 113 cm³/mol. The summed E-state index contributed by atoms with van der Waals surface area (Å²) in [5.74, 6) is -0.304. The fourth-order valence-corrected chi connectivity index (χ4v) is 5.77. The molecule has 2 aromatic rings. The maximum atomic E-state index is 13.1. The Kier molecular flexibility index (Phi) is 5.57. The minimum absolute atomic E-state index is 0.0253. The highest BCUT2D eigenvalue weighted by Crippen LogP contribution is 2.34. The van der Waals surface area contributed by atoms with Gasteiger partial charge in [0.1, 0.15) is 0 Å². The summed E-state index contributed by atoms with van der Waals surface area (Å²) < 4.78 is 26.9. The van der Waals surface area contributed by atoms with Crippen LogP contribution in [0.5, 0.6) is 0 Å². The molecule has 1 fully saturated rings. The third kappa shape index (κ3) is 4.08. The largest absolute Gasteiger partial charge is 0.312 e. The number of nitrogens with zero attached hydrogens (tertiary/aromatic N) is 3. The Morgan fingerprint density at radius 3 is 2.43 bits per heavy atom. The van der Waals surface area contributed by atoms with Crippen molar-refractivity contribution >= 4 is 27.3 Å². The molecular formula is C21H23N3O5S. The molecule has 0 N–H and O–H groups in total. The Balaban J connectivity index is 1.39. The predicted octanol–water partition coefficient (Wildman–Crippen LogP) is 2.73. The van der Waals surface area contributed by atoms with Gasteiger partial charge in [0.05, 0.1) is 10.7 Å². The highest BCUT2D eigenvalue weighted by molar-refractivity contribution is 7.88. The van der Waals surface area contributed by atoms with Gasteiger partial charge in [0.2, 0.25) is 15.9 Å². The minimum atomic E-state index is -3.42. The highest BCUT2D eigenvalue weighted by atomic mass is 32.2.